The Kier molecular flexibility index (Phi) is 10.1. The van der Waals surface area contributed by atoms with Crippen molar-refractivity contribution in [2.75, 3.05) is 19.6 Å². The van der Waals surface area contributed by atoms with Crippen LogP contribution >= 0.6 is 12.4 Å². The molecule has 24 heavy (non-hydrogen) atoms. The van der Waals surface area contributed by atoms with E-state index in [0.717, 1.165) is 5.56 Å². The fourth-order valence-electron chi connectivity index (χ4n) is 2.30. The number of benzene rings is 1. The standard InChI is InChI=1S/C16H27N3O3S.ClH/c1-4-19(5-2)23(21,22)15-10-8-14(9-11-15)13(3)18-16(20)7-6-12-17;/h8-11,13H,4-7,12,17H2,1-3H3,(H,18,20);1H. The molecule has 6 nitrogen and oxygen atoms in total. The molecule has 0 aliphatic carbocycles. The van der Waals surface area contributed by atoms with Gasteiger partial charge in [0, 0.05) is 19.5 Å². The van der Waals surface area contributed by atoms with Gasteiger partial charge in [0.25, 0.3) is 0 Å². The lowest BCUT2D eigenvalue weighted by atomic mass is 10.1. The summed E-state index contributed by atoms with van der Waals surface area (Å²) in [6, 6.07) is 6.48. The van der Waals surface area contributed by atoms with Crippen LogP contribution in [0.25, 0.3) is 0 Å². The van der Waals surface area contributed by atoms with E-state index < -0.39 is 10.0 Å². The lowest BCUT2D eigenvalue weighted by molar-refractivity contribution is -0.121. The molecule has 0 radical (unpaired) electrons. The number of hydrogen-bond acceptors (Lipinski definition) is 4. The number of nitrogens with zero attached hydrogens (tertiary/aromatic N) is 1. The van der Waals surface area contributed by atoms with Crippen LogP contribution in [0.5, 0.6) is 0 Å². The van der Waals surface area contributed by atoms with Crippen LogP contribution in [0.1, 0.15) is 45.2 Å². The largest absolute Gasteiger partial charge is 0.350 e. The molecule has 0 aromatic heterocycles. The summed E-state index contributed by atoms with van der Waals surface area (Å²) in [7, 11) is -3.45. The molecule has 0 saturated heterocycles. The minimum Gasteiger partial charge on any atom is -0.350 e. The number of nitrogens with two attached hydrogens (primary N) is 1. The van der Waals surface area contributed by atoms with Gasteiger partial charge in [0.1, 0.15) is 0 Å². The maximum Gasteiger partial charge on any atom is 0.243 e. The summed E-state index contributed by atoms with van der Waals surface area (Å²) in [6.07, 6.45) is 1.05. The molecule has 1 atom stereocenters. The average molecular weight is 378 g/mol. The maximum absolute atomic E-state index is 12.4. The van der Waals surface area contributed by atoms with Gasteiger partial charge in [-0.1, -0.05) is 26.0 Å². The Morgan fingerprint density at radius 2 is 1.75 bits per heavy atom. The zero-order valence-electron chi connectivity index (χ0n) is 14.5. The van der Waals surface area contributed by atoms with Crippen molar-refractivity contribution in [2.45, 2.75) is 44.6 Å². The fraction of sp³-hybridized carbons (Fsp3) is 0.562. The quantitative estimate of drug-likeness (QED) is 0.688. The van der Waals surface area contributed by atoms with Gasteiger partial charge in [-0.2, -0.15) is 4.31 Å². The second-order valence-electron chi connectivity index (χ2n) is 5.34. The Balaban J connectivity index is 0.00000529. The number of nitrogens with one attached hydrogen (secondary N) is 1. The molecule has 0 heterocycles. The second-order valence-corrected chi connectivity index (χ2v) is 7.28. The number of halogens is 1. The van der Waals surface area contributed by atoms with Crippen LogP contribution in [0.2, 0.25) is 0 Å². The summed E-state index contributed by atoms with van der Waals surface area (Å²) in [6.45, 7) is 6.86. The van der Waals surface area contributed by atoms with Crippen LogP contribution in [-0.4, -0.2) is 38.3 Å². The van der Waals surface area contributed by atoms with E-state index >= 15 is 0 Å². The molecule has 1 unspecified atom stereocenters. The van der Waals surface area contributed by atoms with E-state index in [1.165, 1.54) is 4.31 Å². The molecule has 1 aromatic rings. The minimum absolute atomic E-state index is 0. The van der Waals surface area contributed by atoms with Gasteiger partial charge in [0.05, 0.1) is 10.9 Å². The first-order chi connectivity index (χ1) is 10.9. The van der Waals surface area contributed by atoms with Crippen LogP contribution in [0.3, 0.4) is 0 Å². The third kappa shape index (κ3) is 6.05. The Morgan fingerprint density at radius 3 is 2.21 bits per heavy atom. The van der Waals surface area contributed by atoms with Gasteiger partial charge in [-0.05, 0) is 37.6 Å². The van der Waals surface area contributed by atoms with Crippen molar-refractivity contribution in [1.29, 1.82) is 0 Å². The lowest BCUT2D eigenvalue weighted by Gasteiger charge is -2.19. The molecule has 0 saturated carbocycles. The Bertz CT molecular complexity index is 601. The van der Waals surface area contributed by atoms with E-state index in [1.54, 1.807) is 24.3 Å². The molecule has 0 aliphatic heterocycles. The first kappa shape index (κ1) is 22.9. The van der Waals surface area contributed by atoms with Gasteiger partial charge in [0.2, 0.25) is 15.9 Å². The van der Waals surface area contributed by atoms with E-state index in [2.05, 4.69) is 5.32 Å². The van der Waals surface area contributed by atoms with E-state index in [4.69, 9.17) is 5.73 Å². The second kappa shape index (κ2) is 10.7. The molecular formula is C16H28ClN3O3S. The van der Waals surface area contributed by atoms with Crippen LogP contribution in [-0.2, 0) is 14.8 Å². The highest BCUT2D eigenvalue weighted by Crippen LogP contribution is 2.19. The highest BCUT2D eigenvalue weighted by Gasteiger charge is 2.21. The van der Waals surface area contributed by atoms with E-state index in [-0.39, 0.29) is 29.3 Å². The number of rotatable bonds is 9. The van der Waals surface area contributed by atoms with Gasteiger partial charge in [0.15, 0.2) is 0 Å². The summed E-state index contributed by atoms with van der Waals surface area (Å²) in [5, 5.41) is 2.88. The molecule has 1 amide bonds. The molecule has 0 bridgehead atoms. The Labute approximate surface area is 151 Å². The third-order valence-electron chi connectivity index (χ3n) is 3.71. The SMILES string of the molecule is CCN(CC)S(=O)(=O)c1ccc(C(C)NC(=O)CCCN)cc1.Cl. The zero-order chi connectivity index (χ0) is 17.5. The van der Waals surface area contributed by atoms with E-state index in [1.807, 2.05) is 20.8 Å². The monoisotopic (exact) mass is 377 g/mol. The summed E-state index contributed by atoms with van der Waals surface area (Å²) in [5.74, 6) is -0.0530. The average Bonchev–Trinajstić information content (AvgIpc) is 2.53. The predicted octanol–water partition coefficient (Wildman–Crippen LogP) is 2.06. The number of hydrogen-bond donors (Lipinski definition) is 2. The molecule has 0 fully saturated rings. The van der Waals surface area contributed by atoms with Crippen LogP contribution in [0.4, 0.5) is 0 Å². The Hall–Kier alpha value is -1.15. The van der Waals surface area contributed by atoms with Crippen molar-refractivity contribution < 1.29 is 13.2 Å². The minimum atomic E-state index is -3.45. The van der Waals surface area contributed by atoms with E-state index in [9.17, 15) is 13.2 Å². The fourth-order valence-corrected chi connectivity index (χ4v) is 3.76. The van der Waals surface area contributed by atoms with Gasteiger partial charge in [-0.3, -0.25) is 4.79 Å². The molecule has 0 aliphatic rings. The van der Waals surface area contributed by atoms with Gasteiger partial charge >= 0.3 is 0 Å². The molecule has 1 aromatic carbocycles. The number of carbonyl (C=O) groups excluding carboxylic acids is 1. The molecule has 8 heteroatoms. The van der Waals surface area contributed by atoms with Gasteiger partial charge in [-0.25, -0.2) is 8.42 Å². The zero-order valence-corrected chi connectivity index (χ0v) is 16.1. The summed E-state index contributed by atoms with van der Waals surface area (Å²) < 4.78 is 26.2. The summed E-state index contributed by atoms with van der Waals surface area (Å²) in [5.41, 5.74) is 6.25. The maximum atomic E-state index is 12.4. The molecule has 138 valence electrons. The summed E-state index contributed by atoms with van der Waals surface area (Å²) in [4.78, 5) is 12.0. The first-order valence-corrected chi connectivity index (χ1v) is 9.40. The van der Waals surface area contributed by atoms with Crippen LogP contribution in [0.15, 0.2) is 29.2 Å². The topological polar surface area (TPSA) is 92.5 Å². The van der Waals surface area contributed by atoms with Crippen molar-refractivity contribution in [3.05, 3.63) is 29.8 Å². The van der Waals surface area contributed by atoms with Crippen molar-refractivity contribution in [1.82, 2.24) is 9.62 Å². The van der Waals surface area contributed by atoms with E-state index in [0.29, 0.717) is 32.5 Å². The number of carbonyl (C=O) groups is 1. The van der Waals surface area contributed by atoms with Crippen LogP contribution in [0, 0.1) is 0 Å². The third-order valence-corrected chi connectivity index (χ3v) is 5.77. The first-order valence-electron chi connectivity index (χ1n) is 7.96. The van der Waals surface area contributed by atoms with Crippen LogP contribution < -0.4 is 11.1 Å². The van der Waals surface area contributed by atoms with Crippen molar-refractivity contribution in [2.24, 2.45) is 5.73 Å². The highest BCUT2D eigenvalue weighted by molar-refractivity contribution is 7.89. The van der Waals surface area contributed by atoms with Crippen molar-refractivity contribution in [3.63, 3.8) is 0 Å². The molecule has 3 N–H and O–H groups in total. The van der Waals surface area contributed by atoms with Gasteiger partial charge < -0.3 is 11.1 Å². The smallest absolute Gasteiger partial charge is 0.243 e. The number of amides is 1. The lowest BCUT2D eigenvalue weighted by Crippen LogP contribution is -2.30. The Morgan fingerprint density at radius 1 is 1.21 bits per heavy atom. The van der Waals surface area contributed by atoms with Crippen molar-refractivity contribution >= 4 is 28.3 Å². The molecular weight excluding hydrogens is 350 g/mol. The number of sulfonamides is 1. The predicted molar refractivity (Wildman–Crippen MR) is 98.6 cm³/mol. The van der Waals surface area contributed by atoms with Crippen molar-refractivity contribution in [3.8, 4) is 0 Å². The summed E-state index contributed by atoms with van der Waals surface area (Å²) >= 11 is 0. The van der Waals surface area contributed by atoms with Gasteiger partial charge in [-0.15, -0.1) is 12.4 Å². The molecule has 1 rings (SSSR count). The highest BCUT2D eigenvalue weighted by atomic mass is 35.5. The normalized spacial score (nSPS) is 12.5. The molecule has 0 spiro atoms.